The summed E-state index contributed by atoms with van der Waals surface area (Å²) < 4.78 is 6.50. The molecule has 0 aliphatic rings. The van der Waals surface area contributed by atoms with Crippen molar-refractivity contribution >= 4 is 68.4 Å². The van der Waals surface area contributed by atoms with Crippen molar-refractivity contribution in [3.63, 3.8) is 0 Å². The average Bonchev–Trinajstić information content (AvgIpc) is 2.76. The van der Waals surface area contributed by atoms with Gasteiger partial charge in [-0.1, -0.05) is 53.0 Å². The highest BCUT2D eigenvalue weighted by molar-refractivity contribution is 9.10. The SMILES string of the molecule is Cc1c(Cl)cccc1NC(=O)/C(C#N)=C\c1ccc(OCc2ccc(Cl)c(Cl)c2)c(Br)c1. The Balaban J connectivity index is 1.73. The molecule has 0 bridgehead atoms. The number of carbonyl (C=O) groups is 1. The Labute approximate surface area is 209 Å². The molecule has 3 aromatic carbocycles. The van der Waals surface area contributed by atoms with E-state index in [0.717, 1.165) is 11.1 Å². The molecule has 0 saturated carbocycles. The molecule has 0 aliphatic heterocycles. The van der Waals surface area contributed by atoms with Crippen molar-refractivity contribution in [2.24, 2.45) is 0 Å². The minimum atomic E-state index is -0.520. The van der Waals surface area contributed by atoms with Crippen LogP contribution in [0.5, 0.6) is 5.75 Å². The lowest BCUT2D eigenvalue weighted by Crippen LogP contribution is -2.14. The van der Waals surface area contributed by atoms with Crippen LogP contribution in [0.25, 0.3) is 6.08 Å². The Morgan fingerprint density at radius 1 is 1.09 bits per heavy atom. The zero-order valence-electron chi connectivity index (χ0n) is 16.8. The van der Waals surface area contributed by atoms with Crippen LogP contribution < -0.4 is 10.1 Å². The Bertz CT molecular complexity index is 1250. The molecule has 1 amide bonds. The third-order valence-electron chi connectivity index (χ3n) is 4.53. The van der Waals surface area contributed by atoms with Crippen LogP contribution in [0.4, 0.5) is 5.69 Å². The van der Waals surface area contributed by atoms with Gasteiger partial charge in [-0.05, 0) is 82.0 Å². The number of ether oxygens (including phenoxy) is 1. The van der Waals surface area contributed by atoms with Gasteiger partial charge in [0, 0.05) is 10.7 Å². The lowest BCUT2D eigenvalue weighted by atomic mass is 10.1. The van der Waals surface area contributed by atoms with Crippen LogP contribution in [0.15, 0.2) is 64.6 Å². The number of halogens is 4. The highest BCUT2D eigenvalue weighted by atomic mass is 79.9. The van der Waals surface area contributed by atoms with E-state index in [0.29, 0.717) is 43.1 Å². The summed E-state index contributed by atoms with van der Waals surface area (Å²) in [5.41, 5.74) is 2.77. The van der Waals surface area contributed by atoms with Crippen molar-refractivity contribution in [3.05, 3.63) is 96.4 Å². The van der Waals surface area contributed by atoms with Crippen LogP contribution in [0, 0.1) is 18.3 Å². The van der Waals surface area contributed by atoms with E-state index in [4.69, 9.17) is 39.5 Å². The molecule has 4 nitrogen and oxygen atoms in total. The van der Waals surface area contributed by atoms with Crippen LogP contribution in [0.2, 0.25) is 15.1 Å². The van der Waals surface area contributed by atoms with Gasteiger partial charge < -0.3 is 10.1 Å². The summed E-state index contributed by atoms with van der Waals surface area (Å²) in [5.74, 6) is 0.0830. The highest BCUT2D eigenvalue weighted by Crippen LogP contribution is 2.29. The summed E-state index contributed by atoms with van der Waals surface area (Å²) in [5, 5.41) is 13.7. The molecule has 0 aromatic heterocycles. The first-order valence-corrected chi connectivity index (χ1v) is 11.3. The number of nitrogens with zero attached hydrogens (tertiary/aromatic N) is 1. The van der Waals surface area contributed by atoms with Crippen LogP contribution in [0.1, 0.15) is 16.7 Å². The number of rotatable bonds is 6. The van der Waals surface area contributed by atoms with Gasteiger partial charge in [0.05, 0.1) is 14.5 Å². The summed E-state index contributed by atoms with van der Waals surface area (Å²) in [6.45, 7) is 2.09. The van der Waals surface area contributed by atoms with Crippen molar-refractivity contribution in [3.8, 4) is 11.8 Å². The fourth-order valence-electron chi connectivity index (χ4n) is 2.76. The molecule has 8 heteroatoms. The molecule has 0 heterocycles. The Kier molecular flexibility index (Phi) is 8.22. The molecule has 0 spiro atoms. The van der Waals surface area contributed by atoms with Gasteiger partial charge in [0.1, 0.15) is 24.0 Å². The number of nitrogens with one attached hydrogen (secondary N) is 1. The maximum Gasteiger partial charge on any atom is 0.266 e. The molecule has 0 radical (unpaired) electrons. The van der Waals surface area contributed by atoms with Gasteiger partial charge >= 0.3 is 0 Å². The van der Waals surface area contributed by atoms with Crippen LogP contribution in [-0.2, 0) is 11.4 Å². The lowest BCUT2D eigenvalue weighted by molar-refractivity contribution is -0.112. The fraction of sp³-hybridized carbons (Fsp3) is 0.0833. The predicted octanol–water partition coefficient (Wildman–Crippen LogP) is 7.84. The van der Waals surface area contributed by atoms with E-state index in [2.05, 4.69) is 21.2 Å². The quantitative estimate of drug-likeness (QED) is 0.251. The average molecular weight is 551 g/mol. The minimum Gasteiger partial charge on any atom is -0.488 e. The zero-order valence-corrected chi connectivity index (χ0v) is 20.6. The molecule has 0 saturated heterocycles. The Morgan fingerprint density at radius 2 is 1.88 bits per heavy atom. The fourth-order valence-corrected chi connectivity index (χ4v) is 3.77. The summed E-state index contributed by atoms with van der Waals surface area (Å²) >= 11 is 21.5. The van der Waals surface area contributed by atoms with Gasteiger partial charge in [-0.25, -0.2) is 0 Å². The molecule has 0 unspecified atom stereocenters. The minimum absolute atomic E-state index is 0.0410. The first kappa shape index (κ1) is 24.2. The van der Waals surface area contributed by atoms with Crippen molar-refractivity contribution in [2.75, 3.05) is 5.32 Å². The molecule has 3 aromatic rings. The van der Waals surface area contributed by atoms with Gasteiger partial charge in [-0.15, -0.1) is 0 Å². The molecule has 1 N–H and O–H groups in total. The molecular weight excluding hydrogens is 535 g/mol. The number of benzene rings is 3. The first-order chi connectivity index (χ1) is 15.3. The van der Waals surface area contributed by atoms with Gasteiger partial charge in [-0.3, -0.25) is 4.79 Å². The summed E-state index contributed by atoms with van der Waals surface area (Å²) in [6.07, 6.45) is 1.50. The van der Waals surface area contributed by atoms with E-state index in [1.54, 1.807) is 55.5 Å². The Morgan fingerprint density at radius 3 is 2.56 bits per heavy atom. The van der Waals surface area contributed by atoms with Gasteiger partial charge in [-0.2, -0.15) is 5.26 Å². The highest BCUT2D eigenvalue weighted by Gasteiger charge is 2.13. The first-order valence-electron chi connectivity index (χ1n) is 9.33. The number of carbonyl (C=O) groups excluding carboxylic acids is 1. The second-order valence-corrected chi connectivity index (χ2v) is 8.84. The number of anilines is 1. The van der Waals surface area contributed by atoms with Crippen molar-refractivity contribution in [2.45, 2.75) is 13.5 Å². The number of nitriles is 1. The summed E-state index contributed by atoms with van der Waals surface area (Å²) in [4.78, 5) is 12.6. The van der Waals surface area contributed by atoms with E-state index in [1.165, 1.54) is 6.08 Å². The molecule has 0 aliphatic carbocycles. The normalized spacial score (nSPS) is 11.1. The maximum absolute atomic E-state index is 12.6. The van der Waals surface area contributed by atoms with E-state index in [9.17, 15) is 10.1 Å². The molecular formula is C24H16BrCl3N2O2. The number of amides is 1. The van der Waals surface area contributed by atoms with Crippen molar-refractivity contribution in [1.82, 2.24) is 0 Å². The summed E-state index contributed by atoms with van der Waals surface area (Å²) in [7, 11) is 0. The monoisotopic (exact) mass is 548 g/mol. The van der Waals surface area contributed by atoms with Crippen LogP contribution >= 0.6 is 50.7 Å². The second kappa shape index (κ2) is 10.9. The molecule has 3 rings (SSSR count). The van der Waals surface area contributed by atoms with E-state index in [1.807, 2.05) is 12.1 Å². The van der Waals surface area contributed by atoms with Crippen LogP contribution in [-0.4, -0.2) is 5.91 Å². The van der Waals surface area contributed by atoms with E-state index in [-0.39, 0.29) is 5.57 Å². The van der Waals surface area contributed by atoms with Crippen molar-refractivity contribution < 1.29 is 9.53 Å². The van der Waals surface area contributed by atoms with Crippen LogP contribution in [0.3, 0.4) is 0 Å². The molecule has 162 valence electrons. The van der Waals surface area contributed by atoms with E-state index >= 15 is 0 Å². The largest absolute Gasteiger partial charge is 0.488 e. The lowest BCUT2D eigenvalue weighted by Gasteiger charge is -2.10. The third-order valence-corrected chi connectivity index (χ3v) is 6.29. The predicted molar refractivity (Wildman–Crippen MR) is 133 cm³/mol. The number of hydrogen-bond donors (Lipinski definition) is 1. The van der Waals surface area contributed by atoms with Gasteiger partial charge in [0.2, 0.25) is 0 Å². The Hall–Kier alpha value is -2.49. The summed E-state index contributed by atoms with van der Waals surface area (Å²) in [6, 6.07) is 17.7. The topological polar surface area (TPSA) is 62.1 Å². The van der Waals surface area contributed by atoms with E-state index < -0.39 is 5.91 Å². The number of hydrogen-bond acceptors (Lipinski definition) is 3. The molecule has 0 fully saturated rings. The standard InChI is InChI=1S/C24H16BrCl3N2O2/c1-14-19(26)3-2-4-22(14)30-24(31)17(12-29)9-15-6-8-23(18(25)10-15)32-13-16-5-7-20(27)21(28)11-16/h2-11H,13H2,1H3,(H,30,31)/b17-9-. The van der Waals surface area contributed by atoms with Crippen molar-refractivity contribution in [1.29, 1.82) is 5.26 Å². The zero-order chi connectivity index (χ0) is 23.3. The maximum atomic E-state index is 12.6. The smallest absolute Gasteiger partial charge is 0.266 e. The molecule has 0 atom stereocenters. The van der Waals surface area contributed by atoms with Gasteiger partial charge in [0.15, 0.2) is 0 Å². The third kappa shape index (κ3) is 6.05. The molecule has 32 heavy (non-hydrogen) atoms. The van der Waals surface area contributed by atoms with Gasteiger partial charge in [0.25, 0.3) is 5.91 Å². The second-order valence-electron chi connectivity index (χ2n) is 6.76.